The van der Waals surface area contributed by atoms with Crippen molar-refractivity contribution >= 4 is 46.5 Å². The summed E-state index contributed by atoms with van der Waals surface area (Å²) in [4.78, 5) is 33.9. The summed E-state index contributed by atoms with van der Waals surface area (Å²) in [7, 11) is 0. The number of nitro benzene ring substituents is 1. The molecule has 2 aromatic carbocycles. The molecule has 7 nitrogen and oxygen atoms in total. The monoisotopic (exact) mass is 382 g/mol. The highest BCUT2D eigenvalue weighted by atomic mass is 35.5. The minimum Gasteiger partial charge on any atom is -0.455 e. The van der Waals surface area contributed by atoms with E-state index < -0.39 is 23.4 Å². The number of anilines is 1. The van der Waals surface area contributed by atoms with Gasteiger partial charge < -0.3 is 10.1 Å². The zero-order chi connectivity index (χ0) is 18.4. The lowest BCUT2D eigenvalue weighted by Gasteiger charge is -2.08. The van der Waals surface area contributed by atoms with Crippen LogP contribution in [0.1, 0.15) is 5.56 Å². The highest BCUT2D eigenvalue weighted by molar-refractivity contribution is 6.35. The molecule has 0 radical (unpaired) electrons. The molecule has 2 aromatic rings. The summed E-state index contributed by atoms with van der Waals surface area (Å²) in [6, 6.07) is 10.3. The second-order valence-corrected chi connectivity index (χ2v) is 5.80. The Morgan fingerprint density at radius 3 is 2.40 bits per heavy atom. The first-order valence-electron chi connectivity index (χ1n) is 6.99. The third-order valence-corrected chi connectivity index (χ3v) is 3.47. The van der Waals surface area contributed by atoms with Gasteiger partial charge in [-0.2, -0.15) is 0 Å². The summed E-state index contributed by atoms with van der Waals surface area (Å²) >= 11 is 11.6. The number of para-hydroxylation sites is 1. The summed E-state index contributed by atoms with van der Waals surface area (Å²) in [6.07, 6.45) is -0.312. The van der Waals surface area contributed by atoms with Crippen molar-refractivity contribution in [1.29, 1.82) is 0 Å². The summed E-state index contributed by atoms with van der Waals surface area (Å²) in [5, 5.41) is 14.1. The maximum atomic E-state index is 11.8. The number of halogens is 2. The first-order chi connectivity index (χ1) is 11.8. The van der Waals surface area contributed by atoms with Gasteiger partial charge in [0.25, 0.3) is 11.6 Å². The first-order valence-corrected chi connectivity index (χ1v) is 7.74. The molecule has 0 spiro atoms. The molecule has 1 N–H and O–H groups in total. The second kappa shape index (κ2) is 8.46. The van der Waals surface area contributed by atoms with Crippen LogP contribution in [0.5, 0.6) is 0 Å². The summed E-state index contributed by atoms with van der Waals surface area (Å²) in [5.74, 6) is -1.34. The number of nitrogens with one attached hydrogen (secondary N) is 1. The molecule has 0 aliphatic rings. The fourth-order valence-electron chi connectivity index (χ4n) is 2.01. The topological polar surface area (TPSA) is 98.5 Å². The fourth-order valence-corrected chi connectivity index (χ4v) is 2.54. The van der Waals surface area contributed by atoms with Crippen molar-refractivity contribution in [2.75, 3.05) is 11.9 Å². The fraction of sp³-hybridized carbons (Fsp3) is 0.125. The Bertz CT molecular complexity index is 806. The number of benzene rings is 2. The van der Waals surface area contributed by atoms with Crippen LogP contribution >= 0.6 is 23.2 Å². The van der Waals surface area contributed by atoms with Crippen LogP contribution in [-0.2, 0) is 20.7 Å². The van der Waals surface area contributed by atoms with E-state index in [1.807, 2.05) is 0 Å². The van der Waals surface area contributed by atoms with Gasteiger partial charge in [0.15, 0.2) is 6.61 Å². The number of rotatable bonds is 6. The number of hydrogen-bond acceptors (Lipinski definition) is 5. The van der Waals surface area contributed by atoms with Gasteiger partial charge in [-0.05, 0) is 18.2 Å². The molecule has 0 fully saturated rings. The maximum absolute atomic E-state index is 11.8. The molecule has 0 saturated carbocycles. The van der Waals surface area contributed by atoms with Gasteiger partial charge in [-0.3, -0.25) is 19.7 Å². The highest BCUT2D eigenvalue weighted by Gasteiger charge is 2.17. The average Bonchev–Trinajstić information content (AvgIpc) is 2.52. The van der Waals surface area contributed by atoms with Crippen LogP contribution in [0.25, 0.3) is 0 Å². The van der Waals surface area contributed by atoms with E-state index in [2.05, 4.69) is 5.32 Å². The van der Waals surface area contributed by atoms with Gasteiger partial charge in [0.2, 0.25) is 0 Å². The van der Waals surface area contributed by atoms with Gasteiger partial charge in [0, 0.05) is 27.4 Å². The predicted molar refractivity (Wildman–Crippen MR) is 92.9 cm³/mol. The van der Waals surface area contributed by atoms with E-state index in [0.29, 0.717) is 15.7 Å². The Balaban J connectivity index is 1.89. The van der Waals surface area contributed by atoms with Crippen molar-refractivity contribution in [1.82, 2.24) is 0 Å². The lowest BCUT2D eigenvalue weighted by atomic mass is 10.1. The molecule has 0 bridgehead atoms. The quantitative estimate of drug-likeness (QED) is 0.467. The van der Waals surface area contributed by atoms with Crippen molar-refractivity contribution in [3.05, 3.63) is 68.2 Å². The van der Waals surface area contributed by atoms with Crippen molar-refractivity contribution in [2.45, 2.75) is 6.42 Å². The van der Waals surface area contributed by atoms with Gasteiger partial charge in [-0.15, -0.1) is 0 Å². The minimum absolute atomic E-state index is 0.183. The van der Waals surface area contributed by atoms with Crippen molar-refractivity contribution in [3.63, 3.8) is 0 Å². The van der Waals surface area contributed by atoms with Crippen LogP contribution in [0, 0.1) is 10.1 Å². The molecular formula is C16H12Cl2N2O5. The first kappa shape index (κ1) is 18.7. The number of carbonyl (C=O) groups excluding carboxylic acids is 2. The Morgan fingerprint density at radius 1 is 1.12 bits per heavy atom. The van der Waals surface area contributed by atoms with E-state index in [0.717, 1.165) is 0 Å². The molecule has 0 aromatic heterocycles. The van der Waals surface area contributed by atoms with E-state index in [1.165, 1.54) is 36.4 Å². The average molecular weight is 383 g/mol. The third-order valence-electron chi connectivity index (χ3n) is 3.03. The van der Waals surface area contributed by atoms with Crippen LogP contribution in [0.2, 0.25) is 10.0 Å². The van der Waals surface area contributed by atoms with Crippen molar-refractivity contribution < 1.29 is 19.2 Å². The molecule has 0 aliphatic heterocycles. The lowest BCUT2D eigenvalue weighted by molar-refractivity contribution is -0.385. The van der Waals surface area contributed by atoms with E-state index in [9.17, 15) is 19.7 Å². The Kier molecular flexibility index (Phi) is 6.32. The van der Waals surface area contributed by atoms with Gasteiger partial charge in [-0.1, -0.05) is 41.4 Å². The van der Waals surface area contributed by atoms with Crippen LogP contribution < -0.4 is 5.32 Å². The van der Waals surface area contributed by atoms with E-state index in [4.69, 9.17) is 27.9 Å². The van der Waals surface area contributed by atoms with Gasteiger partial charge >= 0.3 is 5.97 Å². The molecule has 0 unspecified atom stereocenters. The third kappa shape index (κ3) is 5.74. The smallest absolute Gasteiger partial charge is 0.311 e. The standard InChI is InChI=1S/C16H12Cl2N2O5/c17-11-6-12(18)8-13(7-11)19-15(21)9-25-16(22)5-10-3-1-2-4-14(10)20(23)24/h1-4,6-8H,5,9H2,(H,19,21). The van der Waals surface area contributed by atoms with Crippen LogP contribution in [0.15, 0.2) is 42.5 Å². The molecule has 0 atom stereocenters. The van der Waals surface area contributed by atoms with E-state index >= 15 is 0 Å². The van der Waals surface area contributed by atoms with Crippen molar-refractivity contribution in [2.24, 2.45) is 0 Å². The lowest BCUT2D eigenvalue weighted by Crippen LogP contribution is -2.21. The van der Waals surface area contributed by atoms with Crippen LogP contribution in [-0.4, -0.2) is 23.4 Å². The zero-order valence-electron chi connectivity index (χ0n) is 12.7. The van der Waals surface area contributed by atoms with Gasteiger partial charge in [-0.25, -0.2) is 0 Å². The number of nitro groups is 1. The van der Waals surface area contributed by atoms with E-state index in [-0.39, 0.29) is 17.7 Å². The Morgan fingerprint density at radius 2 is 1.76 bits per heavy atom. The van der Waals surface area contributed by atoms with Crippen LogP contribution in [0.3, 0.4) is 0 Å². The second-order valence-electron chi connectivity index (χ2n) is 4.93. The number of hydrogen-bond donors (Lipinski definition) is 1. The summed E-state index contributed by atoms with van der Waals surface area (Å²) < 4.78 is 4.84. The molecule has 2 rings (SSSR count). The summed E-state index contributed by atoms with van der Waals surface area (Å²) in [6.45, 7) is -0.538. The largest absolute Gasteiger partial charge is 0.455 e. The van der Waals surface area contributed by atoms with Gasteiger partial charge in [0.05, 0.1) is 11.3 Å². The Hall–Kier alpha value is -2.64. The maximum Gasteiger partial charge on any atom is 0.311 e. The molecule has 1 amide bonds. The Labute approximate surface area is 152 Å². The number of amides is 1. The van der Waals surface area contributed by atoms with Crippen LogP contribution in [0.4, 0.5) is 11.4 Å². The van der Waals surface area contributed by atoms with Gasteiger partial charge in [0.1, 0.15) is 0 Å². The van der Waals surface area contributed by atoms with Crippen molar-refractivity contribution in [3.8, 4) is 0 Å². The molecular weight excluding hydrogens is 371 g/mol. The predicted octanol–water partition coefficient (Wildman–Crippen LogP) is 3.63. The number of esters is 1. The SMILES string of the molecule is O=C(COC(=O)Cc1ccccc1[N+](=O)[O-])Nc1cc(Cl)cc(Cl)c1. The number of carbonyl (C=O) groups is 2. The normalized spacial score (nSPS) is 10.2. The number of ether oxygens (including phenoxy) is 1. The zero-order valence-corrected chi connectivity index (χ0v) is 14.2. The molecule has 0 aliphatic carbocycles. The molecule has 25 heavy (non-hydrogen) atoms. The van der Waals surface area contributed by atoms with E-state index in [1.54, 1.807) is 6.07 Å². The summed E-state index contributed by atoms with van der Waals surface area (Å²) in [5.41, 5.74) is 0.384. The minimum atomic E-state index is -0.756. The molecule has 130 valence electrons. The molecule has 9 heteroatoms. The molecule has 0 saturated heterocycles. The highest BCUT2D eigenvalue weighted by Crippen LogP contribution is 2.22. The number of nitrogens with zero attached hydrogens (tertiary/aromatic N) is 1. The molecule has 0 heterocycles.